The molecule has 3 aromatic rings. The summed E-state index contributed by atoms with van der Waals surface area (Å²) in [5.74, 6) is 0.224. The minimum atomic E-state index is -0.132. The second kappa shape index (κ2) is 5.93. The fraction of sp³-hybridized carbons (Fsp3) is 0.250. The first-order valence-electron chi connectivity index (χ1n) is 7.12. The van der Waals surface area contributed by atoms with E-state index in [2.05, 4.69) is 19.9 Å². The minimum absolute atomic E-state index is 0.00240. The number of likely N-dealkylation sites (N-methyl/N-ethyl adjacent to an activating group) is 1. The molecule has 0 saturated heterocycles. The number of rotatable bonds is 4. The number of aromatic amines is 1. The molecule has 6 heteroatoms. The third-order valence-electron chi connectivity index (χ3n) is 3.69. The molecule has 0 aliphatic carbocycles. The van der Waals surface area contributed by atoms with Gasteiger partial charge in [0.1, 0.15) is 0 Å². The van der Waals surface area contributed by atoms with Crippen LogP contribution in [-0.4, -0.2) is 43.8 Å². The highest BCUT2D eigenvalue weighted by Gasteiger charge is 2.21. The van der Waals surface area contributed by atoms with Gasteiger partial charge in [-0.25, -0.2) is 4.98 Å². The van der Waals surface area contributed by atoms with E-state index in [9.17, 15) is 4.79 Å². The second-order valence-corrected chi connectivity index (χ2v) is 5.27. The van der Waals surface area contributed by atoms with Gasteiger partial charge in [-0.1, -0.05) is 12.1 Å². The molecule has 0 fully saturated rings. The van der Waals surface area contributed by atoms with Crippen molar-refractivity contribution in [2.75, 3.05) is 7.05 Å². The van der Waals surface area contributed by atoms with Crippen LogP contribution < -0.4 is 0 Å². The van der Waals surface area contributed by atoms with Gasteiger partial charge in [0.25, 0.3) is 5.91 Å². The van der Waals surface area contributed by atoms with Crippen LogP contribution in [0.4, 0.5) is 0 Å². The number of hydrogen-bond acceptors (Lipinski definition) is 4. The smallest absolute Gasteiger partial charge is 0.289 e. The molecule has 0 spiro atoms. The van der Waals surface area contributed by atoms with E-state index in [0.29, 0.717) is 12.2 Å². The second-order valence-electron chi connectivity index (χ2n) is 5.27. The molecule has 0 bridgehead atoms. The summed E-state index contributed by atoms with van der Waals surface area (Å²) in [4.78, 5) is 29.9. The lowest BCUT2D eigenvalue weighted by atomic mass is 10.1. The molecule has 1 atom stereocenters. The van der Waals surface area contributed by atoms with Crippen LogP contribution in [0.2, 0.25) is 0 Å². The monoisotopic (exact) mass is 295 g/mol. The van der Waals surface area contributed by atoms with Crippen molar-refractivity contribution in [1.29, 1.82) is 0 Å². The molecular formula is C16H17N5O. The van der Waals surface area contributed by atoms with E-state index in [4.69, 9.17) is 0 Å². The van der Waals surface area contributed by atoms with Gasteiger partial charge in [-0.15, -0.1) is 0 Å². The van der Waals surface area contributed by atoms with Gasteiger partial charge in [0.2, 0.25) is 0 Å². The number of carbonyl (C=O) groups is 1. The third-order valence-corrected chi connectivity index (χ3v) is 3.69. The van der Waals surface area contributed by atoms with Crippen molar-refractivity contribution in [3.8, 4) is 0 Å². The first-order valence-corrected chi connectivity index (χ1v) is 7.12. The van der Waals surface area contributed by atoms with Crippen molar-refractivity contribution >= 4 is 16.9 Å². The lowest BCUT2D eigenvalue weighted by Crippen LogP contribution is -2.37. The summed E-state index contributed by atoms with van der Waals surface area (Å²) in [6.07, 6.45) is 5.66. The zero-order valence-corrected chi connectivity index (χ0v) is 12.5. The molecule has 1 N–H and O–H groups in total. The average Bonchev–Trinajstić information content (AvgIpc) is 2.98. The Labute approximate surface area is 128 Å². The summed E-state index contributed by atoms with van der Waals surface area (Å²) in [7, 11) is 1.77. The van der Waals surface area contributed by atoms with Gasteiger partial charge in [0.05, 0.1) is 16.7 Å². The fourth-order valence-electron chi connectivity index (χ4n) is 2.30. The van der Waals surface area contributed by atoms with Crippen molar-refractivity contribution in [1.82, 2.24) is 24.8 Å². The van der Waals surface area contributed by atoms with E-state index in [1.54, 1.807) is 30.5 Å². The lowest BCUT2D eigenvalue weighted by Gasteiger charge is -2.23. The van der Waals surface area contributed by atoms with Gasteiger partial charge >= 0.3 is 0 Å². The van der Waals surface area contributed by atoms with Crippen molar-refractivity contribution in [2.24, 2.45) is 0 Å². The van der Waals surface area contributed by atoms with Gasteiger partial charge in [0, 0.05) is 38.1 Å². The van der Waals surface area contributed by atoms with Crippen LogP contribution in [0.15, 0.2) is 42.9 Å². The SMILES string of the molecule is CC(Cc1cnccn1)N(C)C(=O)c1nc2ccccc2[nH]1. The maximum atomic E-state index is 12.5. The largest absolute Gasteiger partial charge is 0.336 e. The lowest BCUT2D eigenvalue weighted by molar-refractivity contribution is 0.0732. The van der Waals surface area contributed by atoms with E-state index in [-0.39, 0.29) is 11.9 Å². The molecule has 1 amide bonds. The van der Waals surface area contributed by atoms with Gasteiger partial charge in [0.15, 0.2) is 5.82 Å². The maximum absolute atomic E-state index is 12.5. The van der Waals surface area contributed by atoms with Crippen LogP contribution in [0, 0.1) is 0 Å². The molecule has 2 aromatic heterocycles. The minimum Gasteiger partial charge on any atom is -0.336 e. The molecule has 112 valence electrons. The zero-order chi connectivity index (χ0) is 15.5. The van der Waals surface area contributed by atoms with Crippen molar-refractivity contribution in [3.05, 3.63) is 54.4 Å². The number of H-pyrrole nitrogens is 1. The summed E-state index contributed by atoms with van der Waals surface area (Å²) in [5, 5.41) is 0. The maximum Gasteiger partial charge on any atom is 0.289 e. The normalized spacial score (nSPS) is 12.3. The molecule has 0 radical (unpaired) electrons. The van der Waals surface area contributed by atoms with Crippen LogP contribution in [-0.2, 0) is 6.42 Å². The molecule has 1 aromatic carbocycles. The number of nitrogens with zero attached hydrogens (tertiary/aromatic N) is 4. The molecule has 2 heterocycles. The van der Waals surface area contributed by atoms with Crippen LogP contribution in [0.3, 0.4) is 0 Å². The van der Waals surface area contributed by atoms with Crippen molar-refractivity contribution < 1.29 is 4.79 Å². The van der Waals surface area contributed by atoms with E-state index in [0.717, 1.165) is 16.7 Å². The Bertz CT molecular complexity index is 750. The Morgan fingerprint density at radius 2 is 2.14 bits per heavy atom. The summed E-state index contributed by atoms with van der Waals surface area (Å²) in [5.41, 5.74) is 2.51. The van der Waals surface area contributed by atoms with Gasteiger partial charge in [-0.3, -0.25) is 14.8 Å². The Morgan fingerprint density at radius 1 is 1.32 bits per heavy atom. The molecule has 3 rings (SSSR count). The quantitative estimate of drug-likeness (QED) is 0.799. The molecule has 0 saturated carbocycles. The predicted molar refractivity (Wildman–Crippen MR) is 83.4 cm³/mol. The number of hydrogen-bond donors (Lipinski definition) is 1. The molecule has 1 unspecified atom stereocenters. The Balaban J connectivity index is 1.75. The molecule has 6 nitrogen and oxygen atoms in total. The topological polar surface area (TPSA) is 74.8 Å². The zero-order valence-electron chi connectivity index (χ0n) is 12.5. The highest BCUT2D eigenvalue weighted by atomic mass is 16.2. The van der Waals surface area contributed by atoms with Crippen molar-refractivity contribution in [3.63, 3.8) is 0 Å². The van der Waals surface area contributed by atoms with Gasteiger partial charge < -0.3 is 9.88 Å². The van der Waals surface area contributed by atoms with E-state index < -0.39 is 0 Å². The number of fused-ring (bicyclic) bond motifs is 1. The molecule has 0 aliphatic rings. The van der Waals surface area contributed by atoms with E-state index >= 15 is 0 Å². The Hall–Kier alpha value is -2.76. The van der Waals surface area contributed by atoms with Crippen LogP contribution in [0.5, 0.6) is 0 Å². The average molecular weight is 295 g/mol. The van der Waals surface area contributed by atoms with Crippen LogP contribution >= 0.6 is 0 Å². The fourth-order valence-corrected chi connectivity index (χ4v) is 2.30. The summed E-state index contributed by atoms with van der Waals surface area (Å²) in [6.45, 7) is 1.98. The highest BCUT2D eigenvalue weighted by molar-refractivity contribution is 5.94. The highest BCUT2D eigenvalue weighted by Crippen LogP contribution is 2.13. The van der Waals surface area contributed by atoms with Gasteiger partial charge in [-0.2, -0.15) is 0 Å². The number of para-hydroxylation sites is 2. The van der Waals surface area contributed by atoms with Crippen LogP contribution in [0.25, 0.3) is 11.0 Å². The summed E-state index contributed by atoms with van der Waals surface area (Å²) >= 11 is 0. The number of imidazole rings is 1. The molecular weight excluding hydrogens is 278 g/mol. The third kappa shape index (κ3) is 2.81. The molecule has 22 heavy (non-hydrogen) atoms. The number of nitrogens with one attached hydrogen (secondary N) is 1. The number of aromatic nitrogens is 4. The first kappa shape index (κ1) is 14.2. The standard InChI is InChI=1S/C16H17N5O/c1-11(9-12-10-17-7-8-18-12)21(2)16(22)15-19-13-5-3-4-6-14(13)20-15/h3-8,10-11H,9H2,1-2H3,(H,19,20). The number of amides is 1. The van der Waals surface area contributed by atoms with Crippen LogP contribution in [0.1, 0.15) is 23.2 Å². The summed E-state index contributed by atoms with van der Waals surface area (Å²) in [6, 6.07) is 7.60. The van der Waals surface area contributed by atoms with Gasteiger partial charge in [-0.05, 0) is 19.1 Å². The first-order chi connectivity index (χ1) is 10.6. The van der Waals surface area contributed by atoms with E-state index in [1.807, 2.05) is 31.2 Å². The van der Waals surface area contributed by atoms with Crippen molar-refractivity contribution in [2.45, 2.75) is 19.4 Å². The summed E-state index contributed by atoms with van der Waals surface area (Å²) < 4.78 is 0. The number of benzene rings is 1. The Kier molecular flexibility index (Phi) is 3.82. The van der Waals surface area contributed by atoms with E-state index in [1.165, 1.54) is 0 Å². The predicted octanol–water partition coefficient (Wildman–Crippen LogP) is 2.06. The number of carbonyl (C=O) groups excluding carboxylic acids is 1. The molecule has 0 aliphatic heterocycles. The Morgan fingerprint density at radius 3 is 2.86 bits per heavy atom.